The first-order chi connectivity index (χ1) is 11.9. The monoisotopic (exact) mass is 366 g/mol. The van der Waals surface area contributed by atoms with E-state index in [0.717, 1.165) is 16.3 Å². The van der Waals surface area contributed by atoms with Crippen molar-refractivity contribution in [3.05, 3.63) is 41.5 Å². The van der Waals surface area contributed by atoms with Crippen LogP contribution < -0.4 is 0 Å². The van der Waals surface area contributed by atoms with Gasteiger partial charge in [-0.05, 0) is 18.2 Å². The molecule has 25 heavy (non-hydrogen) atoms. The molecular weight excluding hydrogens is 357 g/mol. The van der Waals surface area contributed by atoms with E-state index in [2.05, 4.69) is 20.3 Å². The maximum Gasteiger partial charge on any atom is 0.451 e. The Bertz CT molecular complexity index is 943. The summed E-state index contributed by atoms with van der Waals surface area (Å²) in [5.74, 6) is -0.400. The Kier molecular flexibility index (Phi) is 4.45. The lowest BCUT2D eigenvalue weighted by molar-refractivity contribution is -0.147. The van der Waals surface area contributed by atoms with Gasteiger partial charge in [-0.1, -0.05) is 23.0 Å². The molecular formula is C14H9F3N6OS. The first-order valence-corrected chi connectivity index (χ1v) is 7.79. The average molecular weight is 366 g/mol. The fourth-order valence-corrected chi connectivity index (χ4v) is 2.72. The van der Waals surface area contributed by atoms with Crippen LogP contribution in [0.1, 0.15) is 17.2 Å². The number of aromatic nitrogens is 5. The van der Waals surface area contributed by atoms with Gasteiger partial charge in [0.2, 0.25) is 5.82 Å². The zero-order valence-corrected chi connectivity index (χ0v) is 13.5. The molecule has 0 saturated carbocycles. The van der Waals surface area contributed by atoms with Gasteiger partial charge < -0.3 is 9.09 Å². The lowest BCUT2D eigenvalue weighted by Crippen LogP contribution is -2.12. The SMILES string of the molecule is Cn1c(SCc2noc(-c3cccc(C#N)c3)n2)nnc1C(F)(F)F. The molecule has 0 aliphatic rings. The fraction of sp³-hybridized carbons (Fsp3) is 0.214. The molecule has 2 heterocycles. The van der Waals surface area contributed by atoms with Crippen molar-refractivity contribution in [3.63, 3.8) is 0 Å². The Morgan fingerprint density at radius 2 is 2.12 bits per heavy atom. The number of benzene rings is 1. The zero-order valence-electron chi connectivity index (χ0n) is 12.7. The molecule has 3 aromatic rings. The summed E-state index contributed by atoms with van der Waals surface area (Å²) in [5.41, 5.74) is 1.03. The van der Waals surface area contributed by atoms with Crippen molar-refractivity contribution >= 4 is 11.8 Å². The molecule has 0 N–H and O–H groups in total. The van der Waals surface area contributed by atoms with Crippen LogP contribution in [0.15, 0.2) is 33.9 Å². The van der Waals surface area contributed by atoms with Crippen molar-refractivity contribution in [3.8, 4) is 17.5 Å². The summed E-state index contributed by atoms with van der Waals surface area (Å²) in [6.07, 6.45) is -4.56. The highest BCUT2D eigenvalue weighted by molar-refractivity contribution is 7.98. The van der Waals surface area contributed by atoms with E-state index in [9.17, 15) is 13.2 Å². The molecule has 128 valence electrons. The highest BCUT2D eigenvalue weighted by Crippen LogP contribution is 2.30. The average Bonchev–Trinajstić information content (AvgIpc) is 3.19. The third-order valence-electron chi connectivity index (χ3n) is 3.13. The molecule has 0 bridgehead atoms. The third kappa shape index (κ3) is 3.63. The van der Waals surface area contributed by atoms with E-state index in [-0.39, 0.29) is 16.8 Å². The first kappa shape index (κ1) is 17.0. The number of thioether (sulfide) groups is 1. The van der Waals surface area contributed by atoms with E-state index >= 15 is 0 Å². The Hall–Kier alpha value is -2.87. The standard InChI is InChI=1S/C14H9F3N6OS/c1-23-12(14(15,16)17)20-21-13(23)25-7-10-19-11(24-22-10)9-4-2-3-8(5-9)6-18/h2-5H,7H2,1H3. The van der Waals surface area contributed by atoms with E-state index in [4.69, 9.17) is 9.78 Å². The molecule has 0 radical (unpaired) electrons. The fourth-order valence-electron chi connectivity index (χ4n) is 1.97. The Labute approximate surface area is 143 Å². The van der Waals surface area contributed by atoms with Crippen molar-refractivity contribution in [2.24, 2.45) is 7.05 Å². The van der Waals surface area contributed by atoms with Gasteiger partial charge in [0.05, 0.1) is 17.4 Å². The zero-order chi connectivity index (χ0) is 18.0. The molecule has 1 aromatic carbocycles. The van der Waals surface area contributed by atoms with Gasteiger partial charge in [0.15, 0.2) is 11.0 Å². The molecule has 3 rings (SSSR count). The summed E-state index contributed by atoms with van der Waals surface area (Å²) in [4.78, 5) is 4.17. The maximum atomic E-state index is 12.7. The normalized spacial score (nSPS) is 11.5. The first-order valence-electron chi connectivity index (χ1n) is 6.81. The second-order valence-corrected chi connectivity index (χ2v) is 5.80. The van der Waals surface area contributed by atoms with Crippen LogP contribution in [0.5, 0.6) is 0 Å². The van der Waals surface area contributed by atoms with Gasteiger partial charge in [0, 0.05) is 12.6 Å². The lowest BCUT2D eigenvalue weighted by atomic mass is 10.1. The van der Waals surface area contributed by atoms with Crippen molar-refractivity contribution in [2.45, 2.75) is 17.1 Å². The summed E-state index contributed by atoms with van der Waals surface area (Å²) >= 11 is 1.01. The highest BCUT2D eigenvalue weighted by Gasteiger charge is 2.37. The number of nitrogens with zero attached hydrogens (tertiary/aromatic N) is 6. The van der Waals surface area contributed by atoms with Gasteiger partial charge in [0.1, 0.15) is 0 Å². The second kappa shape index (κ2) is 6.56. The van der Waals surface area contributed by atoms with E-state index in [1.165, 1.54) is 7.05 Å². The lowest BCUT2D eigenvalue weighted by Gasteiger charge is -2.05. The molecule has 0 spiro atoms. The molecule has 0 aliphatic carbocycles. The second-order valence-electron chi connectivity index (χ2n) is 4.86. The molecule has 0 fully saturated rings. The van der Waals surface area contributed by atoms with Gasteiger partial charge in [-0.3, -0.25) is 0 Å². The summed E-state index contributed by atoms with van der Waals surface area (Å²) in [6, 6.07) is 8.65. The molecule has 0 unspecified atom stereocenters. The molecule has 7 nitrogen and oxygen atoms in total. The van der Waals surface area contributed by atoms with Gasteiger partial charge in [-0.15, -0.1) is 10.2 Å². The number of nitriles is 1. The minimum atomic E-state index is -4.56. The predicted molar refractivity (Wildman–Crippen MR) is 80.0 cm³/mol. The summed E-state index contributed by atoms with van der Waals surface area (Å²) < 4.78 is 44.0. The molecule has 11 heteroatoms. The number of hydrogen-bond donors (Lipinski definition) is 0. The minimum absolute atomic E-state index is 0.0881. The van der Waals surface area contributed by atoms with Gasteiger partial charge >= 0.3 is 6.18 Å². The number of halogens is 3. The predicted octanol–water partition coefficient (Wildman–Crippen LogP) is 3.05. The van der Waals surface area contributed by atoms with Crippen LogP contribution in [-0.2, 0) is 19.0 Å². The van der Waals surface area contributed by atoms with Gasteiger partial charge in [-0.2, -0.15) is 23.4 Å². The van der Waals surface area contributed by atoms with Crippen molar-refractivity contribution < 1.29 is 17.7 Å². The Morgan fingerprint density at radius 1 is 1.32 bits per heavy atom. The van der Waals surface area contributed by atoms with E-state index in [1.807, 2.05) is 6.07 Å². The summed E-state index contributed by atoms with van der Waals surface area (Å²) in [6.45, 7) is 0. The molecule has 0 saturated heterocycles. The topological polar surface area (TPSA) is 93.4 Å². The number of alkyl halides is 3. The van der Waals surface area contributed by atoms with Crippen LogP contribution in [0.2, 0.25) is 0 Å². The Balaban J connectivity index is 1.72. The van der Waals surface area contributed by atoms with Gasteiger partial charge in [-0.25, -0.2) is 0 Å². The van der Waals surface area contributed by atoms with Crippen LogP contribution in [0.3, 0.4) is 0 Å². The van der Waals surface area contributed by atoms with Crippen LogP contribution in [0, 0.1) is 11.3 Å². The molecule has 0 atom stereocenters. The molecule has 2 aromatic heterocycles. The smallest absolute Gasteiger partial charge is 0.334 e. The van der Waals surface area contributed by atoms with Crippen LogP contribution in [0.4, 0.5) is 13.2 Å². The highest BCUT2D eigenvalue weighted by atomic mass is 32.2. The molecule has 0 aliphatic heterocycles. The summed E-state index contributed by atoms with van der Waals surface area (Å²) in [7, 11) is 1.24. The minimum Gasteiger partial charge on any atom is -0.334 e. The van der Waals surface area contributed by atoms with Crippen LogP contribution in [0.25, 0.3) is 11.5 Å². The van der Waals surface area contributed by atoms with E-state index in [1.54, 1.807) is 24.3 Å². The number of hydrogen-bond acceptors (Lipinski definition) is 7. The van der Waals surface area contributed by atoms with E-state index < -0.39 is 12.0 Å². The van der Waals surface area contributed by atoms with E-state index in [0.29, 0.717) is 17.0 Å². The largest absolute Gasteiger partial charge is 0.451 e. The van der Waals surface area contributed by atoms with Crippen molar-refractivity contribution in [1.29, 1.82) is 5.26 Å². The van der Waals surface area contributed by atoms with Crippen LogP contribution >= 0.6 is 11.8 Å². The van der Waals surface area contributed by atoms with Crippen molar-refractivity contribution in [2.75, 3.05) is 0 Å². The maximum absolute atomic E-state index is 12.7. The third-order valence-corrected chi connectivity index (χ3v) is 4.14. The molecule has 0 amide bonds. The summed E-state index contributed by atoms with van der Waals surface area (Å²) in [5, 5.41) is 19.4. The van der Waals surface area contributed by atoms with Crippen LogP contribution in [-0.4, -0.2) is 24.9 Å². The van der Waals surface area contributed by atoms with Gasteiger partial charge in [0.25, 0.3) is 5.89 Å². The van der Waals surface area contributed by atoms with Crippen molar-refractivity contribution in [1.82, 2.24) is 24.9 Å². The Morgan fingerprint density at radius 3 is 2.80 bits per heavy atom. The quantitative estimate of drug-likeness (QED) is 0.655. The number of rotatable bonds is 4.